The van der Waals surface area contributed by atoms with E-state index in [1.165, 1.54) is 11.8 Å². The third-order valence-electron chi connectivity index (χ3n) is 3.82. The highest BCUT2D eigenvalue weighted by molar-refractivity contribution is 7.99. The van der Waals surface area contributed by atoms with Crippen LogP contribution in [-0.2, 0) is 4.79 Å². The number of methoxy groups -OCH3 is 1. The number of carbonyl (C=O) groups is 1. The summed E-state index contributed by atoms with van der Waals surface area (Å²) >= 11 is 1.25. The molecule has 0 unspecified atom stereocenters. The molecular formula is C18H16N4O4S. The number of fused-ring (bicyclic) bond motifs is 1. The smallest absolute Gasteiger partial charge is 0.234 e. The van der Waals surface area contributed by atoms with Crippen LogP contribution in [0.3, 0.4) is 0 Å². The molecule has 8 nitrogen and oxygen atoms in total. The van der Waals surface area contributed by atoms with Crippen LogP contribution in [0.25, 0.3) is 11.4 Å². The molecule has 1 aromatic heterocycles. The number of nitrogens with zero attached hydrogens (tertiary/aromatic N) is 2. The van der Waals surface area contributed by atoms with Crippen molar-refractivity contribution in [2.75, 3.05) is 25.0 Å². The summed E-state index contributed by atoms with van der Waals surface area (Å²) in [7, 11) is 1.62. The van der Waals surface area contributed by atoms with Crippen molar-refractivity contribution in [2.45, 2.75) is 5.16 Å². The first-order chi connectivity index (χ1) is 13.2. The number of hydrogen-bond acceptors (Lipinski definition) is 7. The average molecular weight is 384 g/mol. The van der Waals surface area contributed by atoms with Crippen LogP contribution in [0.1, 0.15) is 0 Å². The van der Waals surface area contributed by atoms with Gasteiger partial charge in [0.25, 0.3) is 0 Å². The van der Waals surface area contributed by atoms with E-state index in [9.17, 15) is 4.79 Å². The van der Waals surface area contributed by atoms with Gasteiger partial charge in [0.1, 0.15) is 5.75 Å². The normalized spacial score (nSPS) is 12.0. The number of thioether (sulfide) groups is 1. The van der Waals surface area contributed by atoms with E-state index in [1.54, 1.807) is 25.3 Å². The monoisotopic (exact) mass is 384 g/mol. The number of hydrogen-bond donors (Lipinski definition) is 2. The predicted molar refractivity (Wildman–Crippen MR) is 100 cm³/mol. The third kappa shape index (κ3) is 3.98. The van der Waals surface area contributed by atoms with Crippen molar-refractivity contribution in [3.63, 3.8) is 0 Å². The molecule has 0 radical (unpaired) electrons. The molecule has 0 aliphatic carbocycles. The minimum absolute atomic E-state index is 0.158. The number of H-pyrrole nitrogens is 1. The summed E-state index contributed by atoms with van der Waals surface area (Å²) in [4.78, 5) is 16.6. The lowest BCUT2D eigenvalue weighted by Gasteiger charge is -2.05. The van der Waals surface area contributed by atoms with E-state index in [0.29, 0.717) is 28.2 Å². The molecule has 1 aliphatic heterocycles. The Hall–Kier alpha value is -3.20. The van der Waals surface area contributed by atoms with Gasteiger partial charge in [-0.25, -0.2) is 4.98 Å². The summed E-state index contributed by atoms with van der Waals surface area (Å²) < 4.78 is 15.7. The molecule has 0 saturated carbocycles. The van der Waals surface area contributed by atoms with Gasteiger partial charge in [0.15, 0.2) is 17.3 Å². The molecule has 27 heavy (non-hydrogen) atoms. The van der Waals surface area contributed by atoms with Crippen LogP contribution in [0.2, 0.25) is 0 Å². The van der Waals surface area contributed by atoms with Crippen LogP contribution in [0.15, 0.2) is 47.6 Å². The maximum absolute atomic E-state index is 12.1. The molecule has 0 atom stereocenters. The van der Waals surface area contributed by atoms with Gasteiger partial charge in [-0.15, -0.1) is 5.10 Å². The minimum Gasteiger partial charge on any atom is -0.497 e. The second-order valence-electron chi connectivity index (χ2n) is 5.60. The Morgan fingerprint density at radius 3 is 2.85 bits per heavy atom. The molecule has 2 N–H and O–H groups in total. The van der Waals surface area contributed by atoms with Crippen LogP contribution in [0.4, 0.5) is 5.69 Å². The van der Waals surface area contributed by atoms with Crippen LogP contribution in [0, 0.1) is 0 Å². The van der Waals surface area contributed by atoms with Gasteiger partial charge in [-0.3, -0.25) is 9.89 Å². The molecule has 0 bridgehead atoms. The number of benzene rings is 2. The topological polar surface area (TPSA) is 98.4 Å². The molecule has 0 spiro atoms. The van der Waals surface area contributed by atoms with Crippen LogP contribution >= 0.6 is 11.8 Å². The van der Waals surface area contributed by atoms with Crippen molar-refractivity contribution in [1.29, 1.82) is 0 Å². The van der Waals surface area contributed by atoms with Crippen molar-refractivity contribution >= 4 is 23.4 Å². The van der Waals surface area contributed by atoms with E-state index >= 15 is 0 Å². The molecule has 0 saturated heterocycles. The molecule has 2 heterocycles. The van der Waals surface area contributed by atoms with Crippen LogP contribution in [-0.4, -0.2) is 40.7 Å². The predicted octanol–water partition coefficient (Wildman–Crippen LogP) is 2.94. The zero-order chi connectivity index (χ0) is 18.6. The quantitative estimate of drug-likeness (QED) is 0.631. The first-order valence-electron chi connectivity index (χ1n) is 8.10. The number of aromatic amines is 1. The van der Waals surface area contributed by atoms with Crippen LogP contribution in [0.5, 0.6) is 17.2 Å². The van der Waals surface area contributed by atoms with Gasteiger partial charge in [-0.1, -0.05) is 11.8 Å². The van der Waals surface area contributed by atoms with Gasteiger partial charge in [0.2, 0.25) is 17.9 Å². The molecule has 2 aromatic carbocycles. The highest BCUT2D eigenvalue weighted by atomic mass is 32.2. The van der Waals surface area contributed by atoms with Gasteiger partial charge in [-0.05, 0) is 36.4 Å². The third-order valence-corrected chi connectivity index (χ3v) is 4.66. The Morgan fingerprint density at radius 2 is 2.04 bits per heavy atom. The van der Waals surface area contributed by atoms with E-state index in [0.717, 1.165) is 11.3 Å². The standard InChI is InChI=1S/C18H16N4O4S/c1-24-13-5-2-11(3-6-13)17-20-18(22-21-17)27-9-16(23)19-12-4-7-14-15(8-12)26-10-25-14/h2-8H,9-10H2,1H3,(H,19,23)(H,20,21,22). The number of nitrogens with one attached hydrogen (secondary N) is 2. The summed E-state index contributed by atoms with van der Waals surface area (Å²) in [6.45, 7) is 0.198. The van der Waals surface area contributed by atoms with E-state index in [4.69, 9.17) is 14.2 Å². The SMILES string of the molecule is COc1ccc(-c2nc(SCC(=O)Nc3ccc4c(c3)OCO4)n[nH]2)cc1. The Balaban J connectivity index is 1.33. The average Bonchev–Trinajstić information content (AvgIpc) is 3.35. The summed E-state index contributed by atoms with van der Waals surface area (Å²) in [5.74, 6) is 2.74. The number of rotatable bonds is 6. The van der Waals surface area contributed by atoms with Crippen LogP contribution < -0.4 is 19.5 Å². The number of amides is 1. The largest absolute Gasteiger partial charge is 0.497 e. The first kappa shape index (κ1) is 17.2. The van der Waals surface area contributed by atoms with E-state index in [-0.39, 0.29) is 18.5 Å². The van der Waals surface area contributed by atoms with Crippen molar-refractivity contribution in [3.05, 3.63) is 42.5 Å². The van der Waals surface area contributed by atoms with Gasteiger partial charge in [-0.2, -0.15) is 0 Å². The Labute approximate surface area is 159 Å². The molecule has 0 fully saturated rings. The molecule has 3 aromatic rings. The Kier molecular flexibility index (Phi) is 4.84. The molecule has 138 valence electrons. The number of ether oxygens (including phenoxy) is 3. The fourth-order valence-corrected chi connectivity index (χ4v) is 3.09. The fourth-order valence-electron chi connectivity index (χ4n) is 2.49. The maximum Gasteiger partial charge on any atom is 0.234 e. The molecular weight excluding hydrogens is 368 g/mol. The highest BCUT2D eigenvalue weighted by Gasteiger charge is 2.15. The lowest BCUT2D eigenvalue weighted by Crippen LogP contribution is -2.14. The Morgan fingerprint density at radius 1 is 1.22 bits per heavy atom. The Bertz CT molecular complexity index is 958. The zero-order valence-corrected chi connectivity index (χ0v) is 15.2. The zero-order valence-electron chi connectivity index (χ0n) is 14.4. The fraction of sp³-hybridized carbons (Fsp3) is 0.167. The van der Waals surface area contributed by atoms with Gasteiger partial charge < -0.3 is 19.5 Å². The summed E-state index contributed by atoms with van der Waals surface area (Å²) in [5, 5.41) is 10.3. The molecule has 1 amide bonds. The van der Waals surface area contributed by atoms with Crippen molar-refractivity contribution < 1.29 is 19.0 Å². The van der Waals surface area contributed by atoms with Gasteiger partial charge >= 0.3 is 0 Å². The minimum atomic E-state index is -0.158. The van der Waals surface area contributed by atoms with Crippen molar-refractivity contribution in [3.8, 4) is 28.6 Å². The number of anilines is 1. The van der Waals surface area contributed by atoms with E-state index in [2.05, 4.69) is 20.5 Å². The lowest BCUT2D eigenvalue weighted by atomic mass is 10.2. The second-order valence-corrected chi connectivity index (χ2v) is 6.54. The number of aromatic nitrogens is 3. The van der Waals surface area contributed by atoms with Gasteiger partial charge in [0, 0.05) is 17.3 Å². The number of carbonyl (C=O) groups excluding carboxylic acids is 1. The maximum atomic E-state index is 12.1. The van der Waals surface area contributed by atoms with E-state index in [1.807, 2.05) is 24.3 Å². The lowest BCUT2D eigenvalue weighted by molar-refractivity contribution is -0.113. The van der Waals surface area contributed by atoms with E-state index < -0.39 is 0 Å². The first-order valence-corrected chi connectivity index (χ1v) is 9.09. The van der Waals surface area contributed by atoms with Crippen molar-refractivity contribution in [2.24, 2.45) is 0 Å². The highest BCUT2D eigenvalue weighted by Crippen LogP contribution is 2.34. The molecule has 9 heteroatoms. The van der Waals surface area contributed by atoms with Crippen molar-refractivity contribution in [1.82, 2.24) is 15.2 Å². The summed E-state index contributed by atoms with van der Waals surface area (Å²) in [5.41, 5.74) is 1.54. The molecule has 4 rings (SSSR count). The molecule has 1 aliphatic rings. The summed E-state index contributed by atoms with van der Waals surface area (Å²) in [6.07, 6.45) is 0. The second kappa shape index (κ2) is 7.58. The van der Waals surface area contributed by atoms with Gasteiger partial charge in [0.05, 0.1) is 12.9 Å². The summed E-state index contributed by atoms with van der Waals surface area (Å²) in [6, 6.07) is 12.7.